The van der Waals surface area contributed by atoms with Crippen molar-refractivity contribution in [3.63, 3.8) is 0 Å². The average Bonchev–Trinajstić information content (AvgIpc) is 3.52. The molecule has 0 nitrogen and oxygen atoms in total. The molecule has 0 aliphatic heterocycles. The molecule has 7 aromatic carbocycles. The zero-order valence-corrected chi connectivity index (χ0v) is 24.3. The van der Waals surface area contributed by atoms with Gasteiger partial charge in [0.1, 0.15) is 0 Å². The molecule has 0 bridgehead atoms. The minimum absolute atomic E-state index is 0.0132. The van der Waals surface area contributed by atoms with Crippen molar-refractivity contribution in [3.05, 3.63) is 142 Å². The van der Waals surface area contributed by atoms with E-state index in [1.54, 1.807) is 0 Å². The van der Waals surface area contributed by atoms with Crippen molar-refractivity contribution < 1.29 is 0 Å². The Kier molecular flexibility index (Phi) is 5.25. The molecule has 192 valence electrons. The van der Waals surface area contributed by atoms with Crippen LogP contribution in [0.1, 0.15) is 36.1 Å². The standard InChI is InChI=1S/C37H23Br.C2H6/c38-28-14-17-31-30-6-1-2-7-33(30)37(34(31)19-28)20-26-11-10-25(18-27(26)21-37)29-15-12-24-9-8-22-4-3-5-23-13-16-32(29)36(24)35(22)23;1-2/h1-19H,20-21H2;1-2H3. The lowest BCUT2D eigenvalue weighted by atomic mass is 9.76. The van der Waals surface area contributed by atoms with Gasteiger partial charge in [-0.3, -0.25) is 0 Å². The van der Waals surface area contributed by atoms with E-state index in [0.717, 1.165) is 17.3 Å². The number of benzene rings is 7. The number of fused-ring (bicyclic) bond motifs is 6. The Morgan fingerprint density at radius 2 is 1.20 bits per heavy atom. The Morgan fingerprint density at radius 1 is 0.525 bits per heavy atom. The number of hydrogen-bond donors (Lipinski definition) is 0. The van der Waals surface area contributed by atoms with E-state index in [1.807, 2.05) is 13.8 Å². The Bertz CT molecular complexity index is 2080. The summed E-state index contributed by atoms with van der Waals surface area (Å²) in [5.41, 5.74) is 11.4. The summed E-state index contributed by atoms with van der Waals surface area (Å²) in [4.78, 5) is 0. The lowest BCUT2D eigenvalue weighted by Crippen LogP contribution is -2.25. The van der Waals surface area contributed by atoms with Gasteiger partial charge in [-0.15, -0.1) is 0 Å². The van der Waals surface area contributed by atoms with E-state index in [0.29, 0.717) is 0 Å². The van der Waals surface area contributed by atoms with E-state index < -0.39 is 0 Å². The zero-order chi connectivity index (χ0) is 27.0. The molecule has 7 aromatic rings. The van der Waals surface area contributed by atoms with Crippen molar-refractivity contribution in [1.82, 2.24) is 0 Å². The van der Waals surface area contributed by atoms with Gasteiger partial charge in [0.05, 0.1) is 0 Å². The smallest absolute Gasteiger partial charge is 0.0296 e. The first kappa shape index (κ1) is 23.9. The molecule has 2 aliphatic carbocycles. The topological polar surface area (TPSA) is 0 Å². The van der Waals surface area contributed by atoms with Gasteiger partial charge in [-0.1, -0.05) is 133 Å². The van der Waals surface area contributed by atoms with Gasteiger partial charge >= 0.3 is 0 Å². The molecule has 0 aromatic heterocycles. The minimum atomic E-state index is 0.0132. The number of rotatable bonds is 1. The van der Waals surface area contributed by atoms with Crippen LogP contribution in [0.2, 0.25) is 0 Å². The Hall–Kier alpha value is -3.94. The van der Waals surface area contributed by atoms with E-state index >= 15 is 0 Å². The van der Waals surface area contributed by atoms with Gasteiger partial charge in [-0.2, -0.15) is 0 Å². The van der Waals surface area contributed by atoms with Gasteiger partial charge in [0, 0.05) is 9.89 Å². The molecule has 0 saturated carbocycles. The summed E-state index contributed by atoms with van der Waals surface area (Å²) < 4.78 is 1.16. The van der Waals surface area contributed by atoms with Crippen LogP contribution in [0.4, 0.5) is 0 Å². The average molecular weight is 578 g/mol. The fourth-order valence-corrected chi connectivity index (χ4v) is 8.00. The molecule has 2 aliphatic rings. The summed E-state index contributed by atoms with van der Waals surface area (Å²) in [6.07, 6.45) is 2.10. The molecular weight excluding hydrogens is 548 g/mol. The van der Waals surface area contributed by atoms with Gasteiger partial charge in [0.15, 0.2) is 0 Å². The third-order valence-electron chi connectivity index (χ3n) is 9.26. The molecule has 9 rings (SSSR count). The van der Waals surface area contributed by atoms with E-state index in [-0.39, 0.29) is 5.41 Å². The van der Waals surface area contributed by atoms with Crippen molar-refractivity contribution in [3.8, 4) is 22.3 Å². The normalized spacial score (nSPS) is 16.8. The van der Waals surface area contributed by atoms with E-state index in [4.69, 9.17) is 0 Å². The van der Waals surface area contributed by atoms with Crippen LogP contribution in [-0.2, 0) is 18.3 Å². The summed E-state index contributed by atoms with van der Waals surface area (Å²) in [5.74, 6) is 0. The van der Waals surface area contributed by atoms with Crippen molar-refractivity contribution >= 4 is 48.2 Å². The molecule has 1 heteroatoms. The largest absolute Gasteiger partial charge is 0.0683 e. The molecule has 40 heavy (non-hydrogen) atoms. The van der Waals surface area contributed by atoms with Gasteiger partial charge < -0.3 is 0 Å². The van der Waals surface area contributed by atoms with Crippen LogP contribution >= 0.6 is 15.9 Å². The van der Waals surface area contributed by atoms with Gasteiger partial charge in [-0.05, 0) is 102 Å². The predicted octanol–water partition coefficient (Wildman–Crippen LogP) is 11.1. The maximum Gasteiger partial charge on any atom is 0.0296 e. The molecule has 0 radical (unpaired) electrons. The van der Waals surface area contributed by atoms with Crippen LogP contribution in [0.3, 0.4) is 0 Å². The van der Waals surface area contributed by atoms with E-state index in [1.165, 1.54) is 76.8 Å². The monoisotopic (exact) mass is 576 g/mol. The number of halogens is 1. The first-order valence-electron chi connectivity index (χ1n) is 14.4. The molecule has 0 saturated heterocycles. The summed E-state index contributed by atoms with van der Waals surface area (Å²) in [6.45, 7) is 4.00. The van der Waals surface area contributed by atoms with Crippen LogP contribution in [0.5, 0.6) is 0 Å². The van der Waals surface area contributed by atoms with Crippen LogP contribution < -0.4 is 0 Å². The Morgan fingerprint density at radius 3 is 2.05 bits per heavy atom. The Labute approximate surface area is 243 Å². The van der Waals surface area contributed by atoms with E-state index in [9.17, 15) is 0 Å². The highest BCUT2D eigenvalue weighted by atomic mass is 79.9. The first-order chi connectivity index (χ1) is 19.7. The van der Waals surface area contributed by atoms with Crippen LogP contribution in [0, 0.1) is 0 Å². The fraction of sp³-hybridized carbons (Fsp3) is 0.128. The first-order valence-corrected chi connectivity index (χ1v) is 15.2. The lowest BCUT2D eigenvalue weighted by molar-refractivity contribution is 0.563. The fourth-order valence-electron chi connectivity index (χ4n) is 7.64. The van der Waals surface area contributed by atoms with Crippen LogP contribution in [-0.4, -0.2) is 0 Å². The zero-order valence-electron chi connectivity index (χ0n) is 22.8. The van der Waals surface area contributed by atoms with Gasteiger partial charge in [0.2, 0.25) is 0 Å². The van der Waals surface area contributed by atoms with Crippen molar-refractivity contribution in [2.24, 2.45) is 0 Å². The molecular formula is C39H29Br. The van der Waals surface area contributed by atoms with Crippen molar-refractivity contribution in [2.75, 3.05) is 0 Å². The van der Waals surface area contributed by atoms with Crippen molar-refractivity contribution in [2.45, 2.75) is 32.1 Å². The summed E-state index contributed by atoms with van der Waals surface area (Å²) in [5, 5.41) is 8.07. The second-order valence-corrected chi connectivity index (χ2v) is 12.0. The third kappa shape index (κ3) is 3.19. The highest BCUT2D eigenvalue weighted by molar-refractivity contribution is 9.10. The third-order valence-corrected chi connectivity index (χ3v) is 9.75. The van der Waals surface area contributed by atoms with Crippen LogP contribution in [0.25, 0.3) is 54.6 Å². The molecule has 0 N–H and O–H groups in total. The highest BCUT2D eigenvalue weighted by Crippen LogP contribution is 2.56. The molecule has 0 heterocycles. The quantitative estimate of drug-likeness (QED) is 0.170. The van der Waals surface area contributed by atoms with Gasteiger partial charge in [0.25, 0.3) is 0 Å². The molecule has 1 spiro atoms. The lowest BCUT2D eigenvalue weighted by Gasteiger charge is -2.26. The SMILES string of the molecule is Brc1ccc2c(c1)C1(Cc3ccc(-c4ccc5ccc6cccc7ccc4c5c67)cc3C1)c1ccccc1-2.CC. The number of hydrogen-bond acceptors (Lipinski definition) is 0. The molecule has 0 amide bonds. The molecule has 1 unspecified atom stereocenters. The van der Waals surface area contributed by atoms with Gasteiger partial charge in [-0.25, -0.2) is 0 Å². The van der Waals surface area contributed by atoms with E-state index in [2.05, 4.69) is 131 Å². The summed E-state index contributed by atoms with van der Waals surface area (Å²) >= 11 is 3.77. The second kappa shape index (κ2) is 8.78. The summed E-state index contributed by atoms with van der Waals surface area (Å²) in [7, 11) is 0. The van der Waals surface area contributed by atoms with Crippen LogP contribution in [0.15, 0.2) is 120 Å². The van der Waals surface area contributed by atoms with Crippen molar-refractivity contribution in [1.29, 1.82) is 0 Å². The summed E-state index contributed by atoms with van der Waals surface area (Å²) in [6, 6.07) is 43.5. The Balaban J connectivity index is 0.00000120. The second-order valence-electron chi connectivity index (χ2n) is 11.1. The predicted molar refractivity (Wildman–Crippen MR) is 175 cm³/mol. The minimum Gasteiger partial charge on any atom is -0.0683 e. The molecule has 0 fully saturated rings. The highest BCUT2D eigenvalue weighted by Gasteiger charge is 2.47. The molecule has 1 atom stereocenters. The maximum absolute atomic E-state index is 3.77. The maximum atomic E-state index is 3.77.